The molecule has 0 aliphatic carbocycles. The maximum absolute atomic E-state index is 11.8. The van der Waals surface area contributed by atoms with E-state index in [1.54, 1.807) is 0 Å². The first-order valence-corrected chi connectivity index (χ1v) is 5.67. The third-order valence-electron chi connectivity index (χ3n) is 3.28. The minimum atomic E-state index is -0.00632. The summed E-state index contributed by atoms with van der Waals surface area (Å²) in [5, 5.41) is 0. The van der Waals surface area contributed by atoms with E-state index >= 15 is 0 Å². The Bertz CT molecular complexity index is 186. The van der Waals surface area contributed by atoms with Gasteiger partial charge in [0.25, 0.3) is 0 Å². The molecule has 1 atom stereocenters. The Morgan fingerprint density at radius 3 is 2.50 bits per heavy atom. The Kier molecular flexibility index (Phi) is 4.39. The van der Waals surface area contributed by atoms with E-state index in [-0.39, 0.29) is 11.8 Å². The van der Waals surface area contributed by atoms with Gasteiger partial charge in [-0.1, -0.05) is 20.3 Å². The van der Waals surface area contributed by atoms with Crippen LogP contribution in [-0.4, -0.2) is 30.4 Å². The summed E-state index contributed by atoms with van der Waals surface area (Å²) in [5.74, 6) is 1.06. The van der Waals surface area contributed by atoms with Gasteiger partial charge in [-0.3, -0.25) is 4.79 Å². The standard InChI is InChI=1S/C11H22N2O/c1-3-10-4-6-13(7-5-10)11(14)9(2)8-12/h9-10H,3-8,12H2,1-2H3. The molecule has 0 radical (unpaired) electrons. The Hall–Kier alpha value is -0.570. The van der Waals surface area contributed by atoms with Crippen molar-refractivity contribution in [1.82, 2.24) is 4.90 Å². The lowest BCUT2D eigenvalue weighted by molar-refractivity contribution is -0.136. The van der Waals surface area contributed by atoms with Crippen LogP contribution in [0.15, 0.2) is 0 Å². The van der Waals surface area contributed by atoms with E-state index in [0.717, 1.165) is 19.0 Å². The van der Waals surface area contributed by atoms with Gasteiger partial charge in [-0.15, -0.1) is 0 Å². The number of rotatable bonds is 3. The number of amides is 1. The van der Waals surface area contributed by atoms with Crippen LogP contribution in [0.1, 0.15) is 33.1 Å². The lowest BCUT2D eigenvalue weighted by atomic mass is 9.94. The van der Waals surface area contributed by atoms with Gasteiger partial charge in [-0.25, -0.2) is 0 Å². The normalized spacial score (nSPS) is 20.9. The highest BCUT2D eigenvalue weighted by atomic mass is 16.2. The molecule has 1 saturated heterocycles. The molecule has 1 amide bonds. The number of carbonyl (C=O) groups excluding carboxylic acids is 1. The highest BCUT2D eigenvalue weighted by molar-refractivity contribution is 5.78. The van der Waals surface area contributed by atoms with Crippen molar-refractivity contribution in [3.8, 4) is 0 Å². The topological polar surface area (TPSA) is 46.3 Å². The molecule has 3 heteroatoms. The molecule has 0 aromatic heterocycles. The van der Waals surface area contributed by atoms with Crippen molar-refractivity contribution in [2.45, 2.75) is 33.1 Å². The molecule has 1 aliphatic rings. The molecule has 1 unspecified atom stereocenters. The van der Waals surface area contributed by atoms with Gasteiger partial charge in [0, 0.05) is 25.6 Å². The summed E-state index contributed by atoms with van der Waals surface area (Å²) in [6, 6.07) is 0. The van der Waals surface area contributed by atoms with Crippen LogP contribution >= 0.6 is 0 Å². The fraction of sp³-hybridized carbons (Fsp3) is 0.909. The monoisotopic (exact) mass is 198 g/mol. The SMILES string of the molecule is CCC1CCN(C(=O)C(C)CN)CC1. The number of piperidine rings is 1. The predicted octanol–water partition coefficient (Wildman–Crippen LogP) is 1.23. The van der Waals surface area contributed by atoms with Crippen LogP contribution in [-0.2, 0) is 4.79 Å². The number of carbonyl (C=O) groups is 1. The summed E-state index contributed by atoms with van der Waals surface area (Å²) in [6.45, 7) is 6.47. The fourth-order valence-electron chi connectivity index (χ4n) is 1.97. The van der Waals surface area contributed by atoms with E-state index in [9.17, 15) is 4.79 Å². The van der Waals surface area contributed by atoms with Crippen LogP contribution < -0.4 is 5.73 Å². The van der Waals surface area contributed by atoms with Crippen molar-refractivity contribution in [3.05, 3.63) is 0 Å². The first-order valence-electron chi connectivity index (χ1n) is 5.67. The molecule has 1 aliphatic heterocycles. The second kappa shape index (κ2) is 5.35. The summed E-state index contributed by atoms with van der Waals surface area (Å²) in [4.78, 5) is 13.7. The first kappa shape index (κ1) is 11.5. The predicted molar refractivity (Wildman–Crippen MR) is 57.8 cm³/mol. The highest BCUT2D eigenvalue weighted by Gasteiger charge is 2.24. The molecule has 2 N–H and O–H groups in total. The maximum Gasteiger partial charge on any atom is 0.226 e. The van der Waals surface area contributed by atoms with Gasteiger partial charge >= 0.3 is 0 Å². The third kappa shape index (κ3) is 2.71. The molecule has 14 heavy (non-hydrogen) atoms. The van der Waals surface area contributed by atoms with E-state index in [2.05, 4.69) is 6.92 Å². The van der Waals surface area contributed by atoms with Crippen LogP contribution in [0.4, 0.5) is 0 Å². The quantitative estimate of drug-likeness (QED) is 0.741. The van der Waals surface area contributed by atoms with Gasteiger partial charge in [0.1, 0.15) is 0 Å². The zero-order valence-corrected chi connectivity index (χ0v) is 9.33. The van der Waals surface area contributed by atoms with Crippen LogP contribution in [0.2, 0.25) is 0 Å². The van der Waals surface area contributed by atoms with Crippen LogP contribution in [0.5, 0.6) is 0 Å². The molecular weight excluding hydrogens is 176 g/mol. The van der Waals surface area contributed by atoms with Gasteiger partial charge in [0.2, 0.25) is 5.91 Å². The van der Waals surface area contributed by atoms with E-state index in [4.69, 9.17) is 5.73 Å². The van der Waals surface area contributed by atoms with Gasteiger partial charge in [0.15, 0.2) is 0 Å². The van der Waals surface area contributed by atoms with Crippen molar-refractivity contribution in [3.63, 3.8) is 0 Å². The van der Waals surface area contributed by atoms with Crippen LogP contribution in [0, 0.1) is 11.8 Å². The average molecular weight is 198 g/mol. The van der Waals surface area contributed by atoms with E-state index < -0.39 is 0 Å². The Balaban J connectivity index is 2.37. The number of hydrogen-bond acceptors (Lipinski definition) is 2. The van der Waals surface area contributed by atoms with Crippen LogP contribution in [0.3, 0.4) is 0 Å². The smallest absolute Gasteiger partial charge is 0.226 e. The minimum Gasteiger partial charge on any atom is -0.342 e. The number of nitrogens with two attached hydrogens (primary N) is 1. The van der Waals surface area contributed by atoms with Gasteiger partial charge < -0.3 is 10.6 Å². The van der Waals surface area contributed by atoms with Crippen molar-refractivity contribution in [2.75, 3.05) is 19.6 Å². The fourth-order valence-corrected chi connectivity index (χ4v) is 1.97. The molecule has 3 nitrogen and oxygen atoms in total. The van der Waals surface area contributed by atoms with Gasteiger partial charge in [0.05, 0.1) is 0 Å². The number of nitrogens with zero attached hydrogens (tertiary/aromatic N) is 1. The zero-order valence-electron chi connectivity index (χ0n) is 9.33. The molecule has 0 saturated carbocycles. The van der Waals surface area contributed by atoms with Crippen molar-refractivity contribution >= 4 is 5.91 Å². The van der Waals surface area contributed by atoms with E-state index in [0.29, 0.717) is 6.54 Å². The second-order valence-corrected chi connectivity index (χ2v) is 4.31. The highest BCUT2D eigenvalue weighted by Crippen LogP contribution is 2.20. The Morgan fingerprint density at radius 2 is 2.07 bits per heavy atom. The maximum atomic E-state index is 11.8. The number of likely N-dealkylation sites (tertiary alicyclic amines) is 1. The average Bonchev–Trinajstić information content (AvgIpc) is 2.27. The van der Waals surface area contributed by atoms with E-state index in [1.165, 1.54) is 19.3 Å². The molecule has 0 bridgehead atoms. The first-order chi connectivity index (χ1) is 6.69. The molecule has 1 heterocycles. The molecule has 1 rings (SSSR count). The van der Waals surface area contributed by atoms with Crippen molar-refractivity contribution in [2.24, 2.45) is 17.6 Å². The lowest BCUT2D eigenvalue weighted by Crippen LogP contribution is -2.42. The molecule has 0 aromatic rings. The largest absolute Gasteiger partial charge is 0.342 e. The molecule has 1 fully saturated rings. The van der Waals surface area contributed by atoms with Crippen molar-refractivity contribution in [1.29, 1.82) is 0 Å². The van der Waals surface area contributed by atoms with Crippen LogP contribution in [0.25, 0.3) is 0 Å². The van der Waals surface area contributed by atoms with Crippen molar-refractivity contribution < 1.29 is 4.79 Å². The Morgan fingerprint density at radius 1 is 1.50 bits per heavy atom. The summed E-state index contributed by atoms with van der Waals surface area (Å²) in [5.41, 5.74) is 5.49. The molecule has 0 spiro atoms. The number of hydrogen-bond donors (Lipinski definition) is 1. The summed E-state index contributed by atoms with van der Waals surface area (Å²) in [7, 11) is 0. The molecule has 0 aromatic carbocycles. The lowest BCUT2D eigenvalue weighted by Gasteiger charge is -2.33. The van der Waals surface area contributed by atoms with Gasteiger partial charge in [-0.2, -0.15) is 0 Å². The van der Waals surface area contributed by atoms with Gasteiger partial charge in [-0.05, 0) is 18.8 Å². The zero-order chi connectivity index (χ0) is 10.6. The Labute approximate surface area is 86.6 Å². The summed E-state index contributed by atoms with van der Waals surface area (Å²) < 4.78 is 0. The second-order valence-electron chi connectivity index (χ2n) is 4.31. The van der Waals surface area contributed by atoms with E-state index in [1.807, 2.05) is 11.8 Å². The summed E-state index contributed by atoms with van der Waals surface area (Å²) in [6.07, 6.45) is 3.58. The molecular formula is C11H22N2O. The minimum absolute atomic E-state index is 0.00632. The third-order valence-corrected chi connectivity index (χ3v) is 3.28. The summed E-state index contributed by atoms with van der Waals surface area (Å²) >= 11 is 0. The molecule has 82 valence electrons.